The molecule has 1 atom stereocenters. The number of carbonyl (C=O) groups is 3. The van der Waals surface area contributed by atoms with Gasteiger partial charge in [0, 0.05) is 22.5 Å². The summed E-state index contributed by atoms with van der Waals surface area (Å²) in [5.41, 5.74) is 2.14. The summed E-state index contributed by atoms with van der Waals surface area (Å²) < 4.78 is 5.15. The van der Waals surface area contributed by atoms with Crippen molar-refractivity contribution in [3.63, 3.8) is 0 Å². The molecule has 2 amide bonds. The minimum Gasteiger partial charge on any atom is -0.466 e. The zero-order valence-corrected chi connectivity index (χ0v) is 22.4. The van der Waals surface area contributed by atoms with Crippen LogP contribution >= 0.6 is 11.3 Å². The molecule has 3 rings (SSSR count). The molecule has 1 aliphatic rings. The minimum absolute atomic E-state index is 0.00634. The second-order valence-electron chi connectivity index (χ2n) is 9.59. The maximum absolute atomic E-state index is 12.8. The third kappa shape index (κ3) is 8.29. The molecule has 1 fully saturated rings. The van der Waals surface area contributed by atoms with Gasteiger partial charge < -0.3 is 20.7 Å². The van der Waals surface area contributed by atoms with Crippen LogP contribution in [0.4, 0.5) is 5.13 Å². The van der Waals surface area contributed by atoms with Crippen LogP contribution in [0.3, 0.4) is 0 Å². The van der Waals surface area contributed by atoms with Crippen LogP contribution in [0.15, 0.2) is 29.6 Å². The Labute approximate surface area is 222 Å². The number of benzene rings is 1. The van der Waals surface area contributed by atoms with Gasteiger partial charge in [-0.05, 0) is 57.1 Å². The fourth-order valence-corrected chi connectivity index (χ4v) is 5.17. The summed E-state index contributed by atoms with van der Waals surface area (Å²) in [6.07, 6.45) is 3.90. The molecule has 0 aliphatic heterocycles. The molecule has 0 bridgehead atoms. The first-order valence-corrected chi connectivity index (χ1v) is 13.6. The number of hydrogen-bond acceptors (Lipinski definition) is 8. The molecule has 0 radical (unpaired) electrons. The van der Waals surface area contributed by atoms with Gasteiger partial charge in [0.2, 0.25) is 5.91 Å². The number of esters is 1. The van der Waals surface area contributed by atoms with Gasteiger partial charge in [-0.1, -0.05) is 26.0 Å². The number of rotatable bonds is 11. The van der Waals surface area contributed by atoms with Gasteiger partial charge in [0.05, 0.1) is 24.3 Å². The molecule has 1 aliphatic carbocycles. The average Bonchev–Trinajstić information content (AvgIpc) is 3.35. The van der Waals surface area contributed by atoms with Gasteiger partial charge in [-0.3, -0.25) is 14.4 Å². The van der Waals surface area contributed by atoms with E-state index in [-0.39, 0.29) is 42.2 Å². The van der Waals surface area contributed by atoms with Crippen LogP contribution in [0.25, 0.3) is 11.3 Å². The lowest BCUT2D eigenvalue weighted by Crippen LogP contribution is -2.47. The van der Waals surface area contributed by atoms with Crippen LogP contribution < -0.4 is 16.0 Å². The predicted octanol–water partition coefficient (Wildman–Crippen LogP) is 4.13. The molecule has 1 aromatic carbocycles. The summed E-state index contributed by atoms with van der Waals surface area (Å²) in [6, 6.07) is 8.56. The van der Waals surface area contributed by atoms with Crippen molar-refractivity contribution in [1.82, 2.24) is 15.6 Å². The van der Waals surface area contributed by atoms with Crippen molar-refractivity contribution < 1.29 is 19.1 Å². The maximum Gasteiger partial charge on any atom is 0.308 e. The molecule has 10 heteroatoms. The van der Waals surface area contributed by atoms with Gasteiger partial charge >= 0.3 is 5.97 Å². The zero-order valence-electron chi connectivity index (χ0n) is 21.6. The Morgan fingerprint density at radius 1 is 1.16 bits per heavy atom. The smallest absolute Gasteiger partial charge is 0.308 e. The Kier molecular flexibility index (Phi) is 10.4. The number of nitriles is 1. The lowest BCUT2D eigenvalue weighted by atomic mass is 9.86. The largest absolute Gasteiger partial charge is 0.466 e. The van der Waals surface area contributed by atoms with E-state index in [0.29, 0.717) is 18.6 Å². The molecule has 198 valence electrons. The molecular weight excluding hydrogens is 490 g/mol. The summed E-state index contributed by atoms with van der Waals surface area (Å²) in [7, 11) is 0. The van der Waals surface area contributed by atoms with E-state index in [1.54, 1.807) is 12.1 Å². The molecule has 9 nitrogen and oxygen atoms in total. The van der Waals surface area contributed by atoms with E-state index in [2.05, 4.69) is 16.0 Å². The lowest BCUT2D eigenvalue weighted by Gasteiger charge is -2.27. The molecule has 0 unspecified atom stereocenters. The van der Waals surface area contributed by atoms with Gasteiger partial charge in [0.1, 0.15) is 12.6 Å². The van der Waals surface area contributed by atoms with Crippen molar-refractivity contribution in [3.05, 3.63) is 35.2 Å². The van der Waals surface area contributed by atoms with E-state index in [0.717, 1.165) is 42.1 Å². The SMILES string of the molecule is CCOC(=O)C1CCC(Nc2nc(-c3ccc(C(=O)N[C@@H](CC(C)C)C(=O)NCC#N)cc3)cs2)CC1. The molecule has 1 saturated carbocycles. The van der Waals surface area contributed by atoms with Crippen molar-refractivity contribution >= 4 is 34.3 Å². The van der Waals surface area contributed by atoms with Gasteiger partial charge in [0.15, 0.2) is 5.13 Å². The first-order valence-electron chi connectivity index (χ1n) is 12.7. The average molecular weight is 526 g/mol. The first-order chi connectivity index (χ1) is 17.8. The molecule has 3 N–H and O–H groups in total. The maximum atomic E-state index is 12.8. The minimum atomic E-state index is -0.708. The highest BCUT2D eigenvalue weighted by Gasteiger charge is 2.27. The number of aromatic nitrogens is 1. The van der Waals surface area contributed by atoms with Gasteiger partial charge in [-0.2, -0.15) is 5.26 Å². The molecule has 0 saturated heterocycles. The van der Waals surface area contributed by atoms with Crippen LogP contribution in [0.2, 0.25) is 0 Å². The lowest BCUT2D eigenvalue weighted by molar-refractivity contribution is -0.149. The summed E-state index contributed by atoms with van der Waals surface area (Å²) in [5, 5.41) is 20.3. The summed E-state index contributed by atoms with van der Waals surface area (Å²) in [4.78, 5) is 41.8. The zero-order chi connectivity index (χ0) is 26.8. The van der Waals surface area contributed by atoms with Crippen LogP contribution in [0.1, 0.15) is 63.2 Å². The van der Waals surface area contributed by atoms with E-state index in [9.17, 15) is 14.4 Å². The number of nitrogens with one attached hydrogen (secondary N) is 3. The van der Waals surface area contributed by atoms with Crippen LogP contribution in [0, 0.1) is 23.2 Å². The van der Waals surface area contributed by atoms with Gasteiger partial charge in [0.25, 0.3) is 5.91 Å². The number of thiazole rings is 1. The highest BCUT2D eigenvalue weighted by Crippen LogP contribution is 2.30. The number of carbonyl (C=O) groups excluding carboxylic acids is 3. The highest BCUT2D eigenvalue weighted by molar-refractivity contribution is 7.14. The Morgan fingerprint density at radius 2 is 1.86 bits per heavy atom. The van der Waals surface area contributed by atoms with Crippen molar-refractivity contribution in [2.45, 2.75) is 65.0 Å². The Hall–Kier alpha value is -3.45. The second-order valence-corrected chi connectivity index (χ2v) is 10.4. The van der Waals surface area contributed by atoms with E-state index >= 15 is 0 Å². The van der Waals surface area contributed by atoms with Crippen LogP contribution in [0.5, 0.6) is 0 Å². The molecule has 2 aromatic rings. The van der Waals surface area contributed by atoms with Crippen molar-refractivity contribution in [2.24, 2.45) is 11.8 Å². The normalized spacial score (nSPS) is 17.9. The van der Waals surface area contributed by atoms with Crippen molar-refractivity contribution in [1.29, 1.82) is 5.26 Å². The summed E-state index contributed by atoms with van der Waals surface area (Å²) in [6.45, 7) is 6.09. The highest BCUT2D eigenvalue weighted by atomic mass is 32.1. The number of ether oxygens (including phenoxy) is 1. The molecule has 1 heterocycles. The van der Waals surface area contributed by atoms with E-state index < -0.39 is 6.04 Å². The van der Waals surface area contributed by atoms with Crippen molar-refractivity contribution in [3.8, 4) is 17.3 Å². The van der Waals surface area contributed by atoms with Gasteiger partial charge in [-0.25, -0.2) is 4.98 Å². The van der Waals surface area contributed by atoms with Gasteiger partial charge in [-0.15, -0.1) is 11.3 Å². The second kappa shape index (κ2) is 13.7. The first kappa shape index (κ1) is 28.1. The van der Waals surface area contributed by atoms with Crippen LogP contribution in [-0.2, 0) is 14.3 Å². The number of hydrogen-bond donors (Lipinski definition) is 3. The van der Waals surface area contributed by atoms with Crippen LogP contribution in [-0.4, -0.2) is 48.0 Å². The molecular formula is C27H35N5O4S. The predicted molar refractivity (Wildman–Crippen MR) is 143 cm³/mol. The molecule has 1 aromatic heterocycles. The molecule has 0 spiro atoms. The number of anilines is 1. The Balaban J connectivity index is 1.56. The standard InChI is InChI=1S/C27H35N5O4S/c1-4-36-26(35)20-9-11-21(12-10-20)30-27-32-23(16-37-27)18-5-7-19(8-6-18)24(33)31-22(15-17(2)3)25(34)29-14-13-28/h5-8,16-17,20-22H,4,9-12,14-15H2,1-3H3,(H,29,34)(H,30,32)(H,31,33)/t20?,21?,22-/m0/s1. The Bertz CT molecular complexity index is 1100. The fraction of sp³-hybridized carbons (Fsp3) is 0.519. The quantitative estimate of drug-likeness (QED) is 0.297. The van der Waals surface area contributed by atoms with E-state index in [1.807, 2.05) is 44.4 Å². The third-order valence-corrected chi connectivity index (χ3v) is 7.07. The fourth-order valence-electron chi connectivity index (χ4n) is 4.37. The van der Waals surface area contributed by atoms with E-state index in [4.69, 9.17) is 15.0 Å². The summed E-state index contributed by atoms with van der Waals surface area (Å²) in [5.74, 6) is -0.610. The Morgan fingerprint density at radius 3 is 2.49 bits per heavy atom. The number of nitrogens with zero attached hydrogens (tertiary/aromatic N) is 2. The molecule has 37 heavy (non-hydrogen) atoms. The third-order valence-electron chi connectivity index (χ3n) is 6.29. The number of amides is 2. The monoisotopic (exact) mass is 525 g/mol. The topological polar surface area (TPSA) is 133 Å². The van der Waals surface area contributed by atoms with Crippen molar-refractivity contribution in [2.75, 3.05) is 18.5 Å². The summed E-state index contributed by atoms with van der Waals surface area (Å²) >= 11 is 1.53. The van der Waals surface area contributed by atoms with E-state index in [1.165, 1.54) is 11.3 Å².